The summed E-state index contributed by atoms with van der Waals surface area (Å²) in [6.07, 6.45) is -2.29. The molecule has 0 aromatic carbocycles. The molecule has 0 unspecified atom stereocenters. The van der Waals surface area contributed by atoms with Gasteiger partial charge in [-0.1, -0.05) is 0 Å². The van der Waals surface area contributed by atoms with Gasteiger partial charge in [0.2, 0.25) is 0 Å². The van der Waals surface area contributed by atoms with Gasteiger partial charge in [0.25, 0.3) is 0 Å². The average molecular weight is 257 g/mol. The first-order valence-corrected chi connectivity index (χ1v) is 3.39. The molecule has 0 saturated carbocycles. The molecule has 0 fully saturated rings. The minimum Gasteiger partial charge on any atom is -0.512 e. The molecule has 4 N–H and O–H groups in total. The van der Waals surface area contributed by atoms with Crippen molar-refractivity contribution in [2.24, 2.45) is 0 Å². The van der Waals surface area contributed by atoms with Gasteiger partial charge in [0, 0.05) is 0 Å². The number of carbonyl (C=O) groups is 3. The number of rotatable bonds is 5. The molecule has 84 valence electrons. The van der Waals surface area contributed by atoms with Crippen LogP contribution in [0.25, 0.3) is 0 Å². The van der Waals surface area contributed by atoms with Gasteiger partial charge >= 0.3 is 69.3 Å². The van der Waals surface area contributed by atoms with Gasteiger partial charge in [0.05, 0.1) is 12.8 Å². The second kappa shape index (κ2) is 9.70. The van der Waals surface area contributed by atoms with Gasteiger partial charge in [-0.25, -0.2) is 4.79 Å². The smallest absolute Gasteiger partial charge is 0.512 e. The van der Waals surface area contributed by atoms with Crippen LogP contribution in [0.3, 0.4) is 0 Å². The molecule has 0 amide bonds. The third-order valence-corrected chi connectivity index (χ3v) is 1.29. The molecule has 0 bridgehead atoms. The summed E-state index contributed by atoms with van der Waals surface area (Å²) in [5.41, 5.74) is -2.74. The summed E-state index contributed by atoms with van der Waals surface area (Å²) in [5.74, 6) is -5.02. The average Bonchev–Trinajstić information content (AvgIpc) is 2.04. The standard InChI is InChI=1S/C6H8O7.CN.K/c7-3(8)1-6(13,5(11)12)2-4(9)10;1-2;/h13H,1-2H2,(H,7,8)(H,9,10)(H,11,12);;/q;-1;+1. The number of hydrogen-bond acceptors (Lipinski definition) is 5. The first kappa shape index (κ1) is 20.9. The molecule has 0 aromatic rings. The SMILES string of the molecule is O=C(O)CC(O)(CC(=O)O)C(=O)O.[C-]#N.[K+]. The molecule has 0 saturated heterocycles. The molecule has 0 spiro atoms. The van der Waals surface area contributed by atoms with Gasteiger partial charge < -0.3 is 32.3 Å². The van der Waals surface area contributed by atoms with Gasteiger partial charge in [-0.15, -0.1) is 0 Å². The summed E-state index contributed by atoms with van der Waals surface area (Å²) in [4.78, 5) is 30.5. The maximum Gasteiger partial charge on any atom is 1.00 e. The van der Waals surface area contributed by atoms with Crippen LogP contribution in [0.4, 0.5) is 0 Å². The Morgan fingerprint density at radius 2 is 1.25 bits per heavy atom. The number of aliphatic hydroxyl groups is 1. The Labute approximate surface area is 133 Å². The fourth-order valence-electron chi connectivity index (χ4n) is 0.714. The largest absolute Gasteiger partial charge is 1.00 e. The van der Waals surface area contributed by atoms with Crippen molar-refractivity contribution in [3.05, 3.63) is 6.57 Å². The predicted octanol–water partition coefficient (Wildman–Crippen LogP) is -4.15. The zero-order valence-electron chi connectivity index (χ0n) is 8.38. The van der Waals surface area contributed by atoms with Crippen molar-refractivity contribution in [3.8, 4) is 0 Å². The van der Waals surface area contributed by atoms with E-state index in [1.807, 2.05) is 0 Å². The van der Waals surface area contributed by atoms with Crippen molar-refractivity contribution in [2.75, 3.05) is 0 Å². The van der Waals surface area contributed by atoms with E-state index in [0.717, 1.165) is 0 Å². The Kier molecular flexibility index (Phi) is 12.6. The molecule has 0 aromatic heterocycles. The van der Waals surface area contributed by atoms with E-state index in [2.05, 4.69) is 0 Å². The Morgan fingerprint density at radius 1 is 1.00 bits per heavy atom. The van der Waals surface area contributed by atoms with Crippen LogP contribution in [0.1, 0.15) is 12.8 Å². The molecule has 0 aliphatic heterocycles. The topological polar surface area (TPSA) is 156 Å². The van der Waals surface area contributed by atoms with Crippen LogP contribution in [0.15, 0.2) is 0 Å². The van der Waals surface area contributed by atoms with Gasteiger partial charge in [0.15, 0.2) is 5.60 Å². The van der Waals surface area contributed by atoms with E-state index in [1.54, 1.807) is 0 Å². The predicted molar refractivity (Wildman–Crippen MR) is 42.1 cm³/mol. The van der Waals surface area contributed by atoms with Gasteiger partial charge in [0.1, 0.15) is 0 Å². The monoisotopic (exact) mass is 257 g/mol. The fourth-order valence-corrected chi connectivity index (χ4v) is 0.714. The quantitative estimate of drug-likeness (QED) is 0.285. The molecule has 0 aliphatic carbocycles. The van der Waals surface area contributed by atoms with E-state index in [1.165, 1.54) is 0 Å². The molecule has 16 heavy (non-hydrogen) atoms. The van der Waals surface area contributed by atoms with Gasteiger partial charge in [-0.05, 0) is 0 Å². The number of carboxylic acid groups (broad SMARTS) is 3. The van der Waals surface area contributed by atoms with Crippen molar-refractivity contribution in [3.63, 3.8) is 0 Å². The van der Waals surface area contributed by atoms with Crippen molar-refractivity contribution in [2.45, 2.75) is 18.4 Å². The summed E-state index contributed by atoms with van der Waals surface area (Å²) < 4.78 is 0. The minimum atomic E-state index is -2.74. The number of aliphatic carboxylic acids is 3. The van der Waals surface area contributed by atoms with Gasteiger partial charge in [-0.3, -0.25) is 9.59 Å². The maximum atomic E-state index is 10.3. The van der Waals surface area contributed by atoms with Crippen molar-refractivity contribution in [1.82, 2.24) is 0 Å². The first-order chi connectivity index (χ1) is 6.78. The van der Waals surface area contributed by atoms with Gasteiger partial charge in [-0.2, -0.15) is 0 Å². The normalized spacial score (nSPS) is 8.94. The second-order valence-electron chi connectivity index (χ2n) is 2.48. The Bertz CT molecular complexity index is 272. The first-order valence-electron chi connectivity index (χ1n) is 3.39. The summed E-state index contributed by atoms with van der Waals surface area (Å²) in [6, 6.07) is 0. The maximum absolute atomic E-state index is 10.3. The molecule has 0 heterocycles. The van der Waals surface area contributed by atoms with Crippen LogP contribution in [-0.2, 0) is 14.4 Å². The van der Waals surface area contributed by atoms with Crippen LogP contribution >= 0.6 is 0 Å². The number of hydrogen-bond donors (Lipinski definition) is 4. The fraction of sp³-hybridized carbons (Fsp3) is 0.429. The molecule has 0 aliphatic rings. The number of nitrogens with zero attached hydrogens (tertiary/aromatic N) is 1. The van der Waals surface area contributed by atoms with Crippen molar-refractivity contribution < 1.29 is 86.2 Å². The third kappa shape index (κ3) is 8.78. The summed E-state index contributed by atoms with van der Waals surface area (Å²) >= 11 is 0. The van der Waals surface area contributed by atoms with Crippen LogP contribution in [-0.4, -0.2) is 43.9 Å². The Hall–Kier alpha value is -0.504. The summed E-state index contributed by atoms with van der Waals surface area (Å²) in [5, 5.41) is 40.1. The van der Waals surface area contributed by atoms with E-state index in [0.29, 0.717) is 0 Å². The molecule has 8 nitrogen and oxygen atoms in total. The van der Waals surface area contributed by atoms with Crippen LogP contribution in [0, 0.1) is 11.8 Å². The summed E-state index contributed by atoms with van der Waals surface area (Å²) in [6.45, 7) is 4.75. The van der Waals surface area contributed by atoms with E-state index in [-0.39, 0.29) is 51.4 Å². The number of carboxylic acids is 3. The molecule has 0 radical (unpaired) electrons. The van der Waals surface area contributed by atoms with E-state index in [4.69, 9.17) is 32.3 Å². The third-order valence-electron chi connectivity index (χ3n) is 1.29. The molecule has 0 rings (SSSR count). The van der Waals surface area contributed by atoms with Crippen LogP contribution in [0.2, 0.25) is 0 Å². The second-order valence-corrected chi connectivity index (χ2v) is 2.48. The Morgan fingerprint density at radius 3 is 1.38 bits per heavy atom. The summed E-state index contributed by atoms with van der Waals surface area (Å²) in [7, 11) is 0. The van der Waals surface area contributed by atoms with E-state index >= 15 is 0 Å². The van der Waals surface area contributed by atoms with E-state index in [9.17, 15) is 14.4 Å². The van der Waals surface area contributed by atoms with Crippen LogP contribution < -0.4 is 51.4 Å². The minimum absolute atomic E-state index is 0. The molecular weight excluding hydrogens is 249 g/mol. The molecule has 9 heteroatoms. The van der Waals surface area contributed by atoms with E-state index < -0.39 is 36.4 Å². The zero-order valence-corrected chi connectivity index (χ0v) is 11.5. The van der Waals surface area contributed by atoms with Crippen molar-refractivity contribution >= 4 is 17.9 Å². The Balaban J connectivity index is -0.000000529. The van der Waals surface area contributed by atoms with Crippen molar-refractivity contribution in [1.29, 1.82) is 5.26 Å². The van der Waals surface area contributed by atoms with Crippen LogP contribution in [0.5, 0.6) is 0 Å². The zero-order chi connectivity index (χ0) is 12.6. The molecular formula is C7H8KNO7. The molecule has 0 atom stereocenters.